The van der Waals surface area contributed by atoms with Crippen molar-refractivity contribution in [3.63, 3.8) is 0 Å². The van der Waals surface area contributed by atoms with E-state index in [-0.39, 0.29) is 35.4 Å². The fourth-order valence-corrected chi connectivity index (χ4v) is 5.23. The van der Waals surface area contributed by atoms with Crippen LogP contribution in [-0.2, 0) is 15.8 Å². The summed E-state index contributed by atoms with van der Waals surface area (Å²) in [6.07, 6.45) is -9.81. The molecule has 1 heterocycles. The van der Waals surface area contributed by atoms with Crippen molar-refractivity contribution < 1.29 is 40.7 Å². The minimum atomic E-state index is -5.25. The molecule has 0 radical (unpaired) electrons. The van der Waals surface area contributed by atoms with Crippen LogP contribution in [-0.4, -0.2) is 25.0 Å². The van der Waals surface area contributed by atoms with Crippen LogP contribution in [0.15, 0.2) is 84.1 Å². The van der Waals surface area contributed by atoms with Gasteiger partial charge in [-0.2, -0.15) is 26.3 Å². The number of carbonyl (C=O) groups excluding carboxylic acids is 2. The number of nitrogens with one attached hydrogen (secondary N) is 1. The first kappa shape index (κ1) is 27.3. The van der Waals surface area contributed by atoms with Gasteiger partial charge in [0.1, 0.15) is 5.75 Å². The third kappa shape index (κ3) is 5.03. The number of halogens is 6. The van der Waals surface area contributed by atoms with Crippen LogP contribution in [0.4, 0.5) is 37.7 Å². The van der Waals surface area contributed by atoms with Crippen LogP contribution < -0.4 is 15.0 Å². The molecule has 0 saturated carbocycles. The summed E-state index contributed by atoms with van der Waals surface area (Å²) in [5.41, 5.74) is 0.306. The van der Waals surface area contributed by atoms with Crippen molar-refractivity contribution in [2.75, 3.05) is 17.3 Å². The standard InChI is InChI=1S/C29H22F6N2O3/c1-40-20-12-8-17(9-13-20)26-25-22(36-21-4-2-3-5-23(21)37(26)27(39)29(33,34)35)14-18(15-24(25)38)16-6-10-19(11-7-16)28(30,31)32/h2-13,18,26,36H,14-15H2,1H3/t18-,26+/m0/s1. The third-order valence-electron chi connectivity index (χ3n) is 7.09. The van der Waals surface area contributed by atoms with E-state index in [4.69, 9.17) is 4.74 Å². The summed E-state index contributed by atoms with van der Waals surface area (Å²) < 4.78 is 86.3. The van der Waals surface area contributed by atoms with Gasteiger partial charge in [0, 0.05) is 17.7 Å². The lowest BCUT2D eigenvalue weighted by molar-refractivity contribution is -0.170. The Morgan fingerprint density at radius 3 is 2.10 bits per heavy atom. The lowest BCUT2D eigenvalue weighted by Gasteiger charge is -2.35. The largest absolute Gasteiger partial charge is 0.497 e. The van der Waals surface area contributed by atoms with Crippen LogP contribution in [0.5, 0.6) is 5.75 Å². The highest BCUT2D eigenvalue weighted by molar-refractivity contribution is 6.07. The molecule has 1 aliphatic heterocycles. The molecular weight excluding hydrogens is 538 g/mol. The molecule has 3 aromatic rings. The first-order valence-corrected chi connectivity index (χ1v) is 12.2. The van der Waals surface area contributed by atoms with Gasteiger partial charge in [0.15, 0.2) is 5.78 Å². The van der Waals surface area contributed by atoms with E-state index in [1.165, 1.54) is 61.7 Å². The number of ether oxygens (including phenoxy) is 1. The summed E-state index contributed by atoms with van der Waals surface area (Å²) in [7, 11) is 1.42. The van der Waals surface area contributed by atoms with Gasteiger partial charge in [0.25, 0.3) is 0 Å². The van der Waals surface area contributed by atoms with Gasteiger partial charge in [-0.3, -0.25) is 14.5 Å². The number of benzene rings is 3. The van der Waals surface area contributed by atoms with Gasteiger partial charge in [0.2, 0.25) is 0 Å². The maximum atomic E-state index is 14.0. The number of amides is 1. The zero-order valence-electron chi connectivity index (χ0n) is 20.9. The van der Waals surface area contributed by atoms with E-state index in [1.54, 1.807) is 6.07 Å². The summed E-state index contributed by atoms with van der Waals surface area (Å²) in [4.78, 5) is 27.3. The number of rotatable bonds is 3. The summed E-state index contributed by atoms with van der Waals surface area (Å²) >= 11 is 0. The van der Waals surface area contributed by atoms with Gasteiger partial charge < -0.3 is 10.1 Å². The maximum absolute atomic E-state index is 14.0. The number of ketones is 1. The second kappa shape index (κ2) is 10.0. The molecule has 5 rings (SSSR count). The number of hydrogen-bond donors (Lipinski definition) is 1. The predicted molar refractivity (Wildman–Crippen MR) is 135 cm³/mol. The first-order valence-electron chi connectivity index (χ1n) is 12.2. The molecule has 1 amide bonds. The van der Waals surface area contributed by atoms with E-state index in [9.17, 15) is 35.9 Å². The van der Waals surface area contributed by atoms with Crippen LogP contribution in [0.3, 0.4) is 0 Å². The van der Waals surface area contributed by atoms with Crippen LogP contribution in [0.1, 0.15) is 41.5 Å². The topological polar surface area (TPSA) is 58.6 Å². The van der Waals surface area contributed by atoms with Gasteiger partial charge in [0.05, 0.1) is 30.1 Å². The molecule has 208 valence electrons. The normalized spacial score (nSPS) is 19.4. The second-order valence-corrected chi connectivity index (χ2v) is 9.53. The Morgan fingerprint density at radius 2 is 1.50 bits per heavy atom. The van der Waals surface area contributed by atoms with Crippen molar-refractivity contribution in [3.8, 4) is 5.75 Å². The van der Waals surface area contributed by atoms with Crippen LogP contribution in [0, 0.1) is 0 Å². The Morgan fingerprint density at radius 1 is 0.875 bits per heavy atom. The van der Waals surface area contributed by atoms with E-state index in [0.717, 1.165) is 12.1 Å². The molecule has 0 fully saturated rings. The van der Waals surface area contributed by atoms with Gasteiger partial charge in [-0.05, 0) is 59.9 Å². The average Bonchev–Trinajstić information content (AvgIpc) is 3.06. The molecule has 0 spiro atoms. The minimum Gasteiger partial charge on any atom is -0.497 e. The summed E-state index contributed by atoms with van der Waals surface area (Å²) in [5, 5.41) is 3.08. The summed E-state index contributed by atoms with van der Waals surface area (Å²) in [6, 6.07) is 15.0. The molecule has 0 aromatic heterocycles. The molecule has 0 bridgehead atoms. The summed E-state index contributed by atoms with van der Waals surface area (Å²) in [5.74, 6) is -2.77. The van der Waals surface area contributed by atoms with Crippen molar-refractivity contribution >= 4 is 23.1 Å². The number of allylic oxidation sites excluding steroid dienone is 1. The number of nitrogens with zero attached hydrogens (tertiary/aromatic N) is 1. The highest BCUT2D eigenvalue weighted by Crippen LogP contribution is 2.48. The van der Waals surface area contributed by atoms with E-state index in [0.29, 0.717) is 21.9 Å². The lowest BCUT2D eigenvalue weighted by atomic mass is 9.78. The predicted octanol–water partition coefficient (Wildman–Crippen LogP) is 7.18. The molecule has 0 saturated heterocycles. The monoisotopic (exact) mass is 560 g/mol. The number of para-hydroxylation sites is 2. The molecule has 2 atom stereocenters. The Bertz CT molecular complexity index is 1480. The fourth-order valence-electron chi connectivity index (χ4n) is 5.23. The SMILES string of the molecule is COc1ccc([C@@H]2C3=C(C[C@H](c4ccc(C(F)(F)F)cc4)CC3=O)Nc3ccccc3N2C(=O)C(F)(F)F)cc1. The van der Waals surface area contributed by atoms with E-state index >= 15 is 0 Å². The van der Waals surface area contributed by atoms with Gasteiger partial charge in [-0.15, -0.1) is 0 Å². The number of carbonyl (C=O) groups is 2. The Labute approximate surface area is 225 Å². The van der Waals surface area contributed by atoms with Crippen molar-refractivity contribution in [2.45, 2.75) is 37.2 Å². The number of Topliss-reactive ketones (excluding diaryl/α,β-unsaturated/α-hetero) is 1. The van der Waals surface area contributed by atoms with E-state index < -0.39 is 41.6 Å². The van der Waals surface area contributed by atoms with Crippen molar-refractivity contribution in [3.05, 3.63) is 101 Å². The number of anilines is 2. The second-order valence-electron chi connectivity index (χ2n) is 9.53. The molecule has 40 heavy (non-hydrogen) atoms. The zero-order chi connectivity index (χ0) is 28.8. The molecule has 1 N–H and O–H groups in total. The van der Waals surface area contributed by atoms with Gasteiger partial charge in [-0.25, -0.2) is 0 Å². The smallest absolute Gasteiger partial charge is 0.471 e. The molecule has 11 heteroatoms. The van der Waals surface area contributed by atoms with Gasteiger partial charge >= 0.3 is 18.3 Å². The van der Waals surface area contributed by atoms with Crippen molar-refractivity contribution in [2.24, 2.45) is 0 Å². The third-order valence-corrected chi connectivity index (χ3v) is 7.09. The molecule has 5 nitrogen and oxygen atoms in total. The Kier molecular flexibility index (Phi) is 6.85. The zero-order valence-corrected chi connectivity index (χ0v) is 20.9. The first-order chi connectivity index (χ1) is 18.9. The van der Waals surface area contributed by atoms with Crippen LogP contribution >= 0.6 is 0 Å². The Balaban J connectivity index is 1.67. The molecule has 0 unspecified atom stereocenters. The Hall–Kier alpha value is -4.28. The number of methoxy groups -OCH3 is 1. The van der Waals surface area contributed by atoms with Crippen molar-refractivity contribution in [1.82, 2.24) is 0 Å². The highest BCUT2D eigenvalue weighted by atomic mass is 19.4. The van der Waals surface area contributed by atoms with Crippen molar-refractivity contribution in [1.29, 1.82) is 0 Å². The van der Waals surface area contributed by atoms with Gasteiger partial charge in [-0.1, -0.05) is 36.4 Å². The average molecular weight is 560 g/mol. The van der Waals surface area contributed by atoms with Crippen LogP contribution in [0.2, 0.25) is 0 Å². The van der Waals surface area contributed by atoms with Crippen LogP contribution in [0.25, 0.3) is 0 Å². The molecule has 1 aliphatic carbocycles. The number of alkyl halides is 6. The number of hydrogen-bond acceptors (Lipinski definition) is 4. The summed E-state index contributed by atoms with van der Waals surface area (Å²) in [6.45, 7) is 0. The lowest BCUT2D eigenvalue weighted by Crippen LogP contribution is -2.45. The highest BCUT2D eigenvalue weighted by Gasteiger charge is 2.50. The number of fused-ring (bicyclic) bond motifs is 1. The maximum Gasteiger partial charge on any atom is 0.471 e. The molecule has 3 aromatic carbocycles. The van der Waals surface area contributed by atoms with E-state index in [1.807, 2.05) is 0 Å². The fraction of sp³-hybridized carbons (Fsp3) is 0.241. The quantitative estimate of drug-likeness (QED) is 0.345. The minimum absolute atomic E-state index is 0.0119. The molecule has 2 aliphatic rings. The molecular formula is C29H22F6N2O3. The van der Waals surface area contributed by atoms with E-state index in [2.05, 4.69) is 5.32 Å².